The highest BCUT2D eigenvalue weighted by Crippen LogP contribution is 2.36. The van der Waals surface area contributed by atoms with Gasteiger partial charge in [-0.05, 0) is 18.2 Å². The lowest BCUT2D eigenvalue weighted by Gasteiger charge is -2.39. The highest BCUT2D eigenvalue weighted by Gasteiger charge is 2.47. The Hall–Kier alpha value is -3.34. The molecule has 1 aromatic carbocycles. The maximum atomic E-state index is 13.6. The van der Waals surface area contributed by atoms with Crippen LogP contribution in [0.5, 0.6) is 11.5 Å². The van der Waals surface area contributed by atoms with Crippen LogP contribution in [-0.2, 0) is 28.6 Å². The zero-order valence-electron chi connectivity index (χ0n) is 19.0. The number of rotatable bonds is 7. The molecule has 182 valence electrons. The summed E-state index contributed by atoms with van der Waals surface area (Å²) in [7, 11) is 1.43. The number of thioether (sulfide) groups is 1. The van der Waals surface area contributed by atoms with Gasteiger partial charge in [0.25, 0.3) is 0 Å². The molecule has 9 nitrogen and oxygen atoms in total. The number of esters is 3. The third kappa shape index (κ3) is 6.37. The maximum absolute atomic E-state index is 13.6. The van der Waals surface area contributed by atoms with E-state index in [0.717, 1.165) is 0 Å². The Bertz CT molecular complexity index is 1070. The highest BCUT2D eigenvalue weighted by molar-refractivity contribution is 7.99. The molecule has 0 bridgehead atoms. The summed E-state index contributed by atoms with van der Waals surface area (Å²) in [4.78, 5) is 39.3. The Morgan fingerprint density at radius 2 is 1.65 bits per heavy atom. The van der Waals surface area contributed by atoms with Gasteiger partial charge < -0.3 is 23.7 Å². The van der Waals surface area contributed by atoms with Crippen molar-refractivity contribution in [2.75, 3.05) is 12.9 Å². The molecule has 11 heteroatoms. The van der Waals surface area contributed by atoms with Gasteiger partial charge >= 0.3 is 17.9 Å². The molecule has 1 saturated heterocycles. The van der Waals surface area contributed by atoms with E-state index in [4.69, 9.17) is 23.7 Å². The lowest BCUT2D eigenvalue weighted by molar-refractivity contribution is -0.186. The van der Waals surface area contributed by atoms with Gasteiger partial charge in [0, 0.05) is 49.9 Å². The molecule has 3 rings (SSSR count). The molecule has 0 N–H and O–H groups in total. The molecule has 2 heterocycles. The van der Waals surface area contributed by atoms with Crippen molar-refractivity contribution in [3.63, 3.8) is 0 Å². The van der Waals surface area contributed by atoms with E-state index in [1.807, 2.05) is 0 Å². The number of carbonyl (C=O) groups is 3. The first-order valence-corrected chi connectivity index (χ1v) is 11.3. The molecule has 0 radical (unpaired) electrons. The van der Waals surface area contributed by atoms with Crippen molar-refractivity contribution in [2.24, 2.45) is 0 Å². The molecule has 0 spiro atoms. The molecule has 1 aromatic heterocycles. The van der Waals surface area contributed by atoms with Crippen LogP contribution in [0, 0.1) is 5.82 Å². The van der Waals surface area contributed by atoms with Crippen LogP contribution in [0.3, 0.4) is 0 Å². The molecular weight excluding hydrogens is 469 g/mol. The maximum Gasteiger partial charge on any atom is 0.303 e. The van der Waals surface area contributed by atoms with Gasteiger partial charge in [0.15, 0.2) is 23.7 Å². The van der Waals surface area contributed by atoms with E-state index >= 15 is 0 Å². The van der Waals surface area contributed by atoms with Gasteiger partial charge in [0.2, 0.25) is 0 Å². The fourth-order valence-corrected chi connectivity index (χ4v) is 4.69. The normalized spacial score (nSPS) is 21.8. The average molecular weight is 494 g/mol. The van der Waals surface area contributed by atoms with Crippen LogP contribution in [0.1, 0.15) is 20.8 Å². The van der Waals surface area contributed by atoms with Gasteiger partial charge in [-0.15, -0.1) is 11.8 Å². The summed E-state index contributed by atoms with van der Waals surface area (Å²) in [6, 6.07) is 5.80. The van der Waals surface area contributed by atoms with Crippen LogP contribution in [0.4, 0.5) is 4.39 Å². The van der Waals surface area contributed by atoms with Crippen molar-refractivity contribution in [1.82, 2.24) is 4.98 Å². The first kappa shape index (κ1) is 25.3. The van der Waals surface area contributed by atoms with Crippen molar-refractivity contribution in [1.29, 1.82) is 0 Å². The Kier molecular flexibility index (Phi) is 8.32. The first-order valence-electron chi connectivity index (χ1n) is 10.3. The van der Waals surface area contributed by atoms with Crippen LogP contribution in [-0.4, -0.2) is 59.5 Å². The summed E-state index contributed by atoms with van der Waals surface area (Å²) in [5, 5.41) is 0. The van der Waals surface area contributed by atoms with E-state index in [0.29, 0.717) is 22.6 Å². The molecular formula is C23H24FNO8S. The standard InChI is InChI=1S/C23H24FNO8S/c1-12(26)30-20-11-34-23(22(32-14(3)28)21(20)31-13(2)27)33-17-7-15(9-25-10-17)18-6-5-16(24)8-19(18)29-4/h5-10,20-23H,11H2,1-4H3/t20-,21+,22-,23-/m1/s1. The average Bonchev–Trinajstić information content (AvgIpc) is 2.76. The highest BCUT2D eigenvalue weighted by atomic mass is 32.2. The summed E-state index contributed by atoms with van der Waals surface area (Å²) < 4.78 is 41.0. The van der Waals surface area contributed by atoms with Gasteiger partial charge in [0.1, 0.15) is 17.3 Å². The smallest absolute Gasteiger partial charge is 0.303 e. The van der Waals surface area contributed by atoms with Crippen LogP contribution >= 0.6 is 11.8 Å². The molecule has 0 saturated carbocycles. The summed E-state index contributed by atoms with van der Waals surface area (Å²) >= 11 is 1.23. The van der Waals surface area contributed by atoms with Gasteiger partial charge in [-0.3, -0.25) is 19.4 Å². The molecule has 0 aliphatic carbocycles. The topological polar surface area (TPSA) is 110 Å². The Labute approximate surface area is 199 Å². The molecule has 4 atom stereocenters. The van der Waals surface area contributed by atoms with Crippen molar-refractivity contribution in [2.45, 2.75) is 44.5 Å². The minimum Gasteiger partial charge on any atom is -0.496 e. The fourth-order valence-electron chi connectivity index (χ4n) is 3.48. The van der Waals surface area contributed by atoms with E-state index in [1.54, 1.807) is 18.3 Å². The summed E-state index contributed by atoms with van der Waals surface area (Å²) in [5.41, 5.74) is 0.406. The minimum atomic E-state index is -1.06. The lowest BCUT2D eigenvalue weighted by Crippen LogP contribution is -2.55. The van der Waals surface area contributed by atoms with E-state index < -0.39 is 47.5 Å². The van der Waals surface area contributed by atoms with Crippen LogP contribution in [0.15, 0.2) is 36.7 Å². The second-order valence-corrected chi connectivity index (χ2v) is 8.50. The Morgan fingerprint density at radius 3 is 2.29 bits per heavy atom. The fraction of sp³-hybridized carbons (Fsp3) is 0.391. The molecule has 34 heavy (non-hydrogen) atoms. The molecule has 1 aliphatic heterocycles. The zero-order chi connectivity index (χ0) is 24.8. The van der Waals surface area contributed by atoms with Crippen LogP contribution in [0.25, 0.3) is 11.1 Å². The van der Waals surface area contributed by atoms with E-state index in [9.17, 15) is 18.8 Å². The number of methoxy groups -OCH3 is 1. The van der Waals surface area contributed by atoms with Gasteiger partial charge in [0.05, 0.1) is 13.3 Å². The Balaban J connectivity index is 1.90. The minimum absolute atomic E-state index is 0.235. The van der Waals surface area contributed by atoms with Gasteiger partial charge in [-0.1, -0.05) is 0 Å². The zero-order valence-corrected chi connectivity index (χ0v) is 19.8. The van der Waals surface area contributed by atoms with E-state index in [2.05, 4.69) is 4.98 Å². The monoisotopic (exact) mass is 493 g/mol. The number of carbonyl (C=O) groups excluding carboxylic acids is 3. The third-order valence-corrected chi connectivity index (χ3v) is 5.96. The summed E-state index contributed by atoms with van der Waals surface area (Å²) in [6.45, 7) is 3.65. The van der Waals surface area contributed by atoms with Crippen molar-refractivity contribution < 1.29 is 42.5 Å². The SMILES string of the molecule is COc1cc(F)ccc1-c1cncc(O[C@@H]2SC[C@@H](OC(C)=O)[C@H](OC(C)=O)[C@H]2OC(C)=O)c1. The van der Waals surface area contributed by atoms with Crippen molar-refractivity contribution in [3.8, 4) is 22.6 Å². The summed E-state index contributed by atoms with van der Waals surface area (Å²) in [5.74, 6) is -1.37. The predicted octanol–water partition coefficient (Wildman–Crippen LogP) is 3.14. The predicted molar refractivity (Wildman–Crippen MR) is 120 cm³/mol. The molecule has 0 unspecified atom stereocenters. The number of halogens is 1. The summed E-state index contributed by atoms with van der Waals surface area (Å²) in [6.07, 6.45) is 0.0737. The van der Waals surface area contributed by atoms with Gasteiger partial charge in [-0.2, -0.15) is 0 Å². The second kappa shape index (κ2) is 11.2. The first-order chi connectivity index (χ1) is 16.2. The number of benzene rings is 1. The van der Waals surface area contributed by atoms with Crippen molar-refractivity contribution in [3.05, 3.63) is 42.5 Å². The molecule has 2 aromatic rings. The second-order valence-electron chi connectivity index (χ2n) is 7.37. The molecule has 0 amide bonds. The molecule has 1 fully saturated rings. The quantitative estimate of drug-likeness (QED) is 0.421. The number of nitrogens with zero attached hydrogens (tertiary/aromatic N) is 1. The van der Waals surface area contributed by atoms with Crippen LogP contribution < -0.4 is 9.47 Å². The Morgan fingerprint density at radius 1 is 0.971 bits per heavy atom. The van der Waals surface area contributed by atoms with E-state index in [1.165, 1.54) is 58.0 Å². The lowest BCUT2D eigenvalue weighted by atomic mass is 10.1. The number of ether oxygens (including phenoxy) is 5. The number of pyridine rings is 1. The molecule has 1 aliphatic rings. The number of hydrogen-bond donors (Lipinski definition) is 0. The number of hydrogen-bond acceptors (Lipinski definition) is 10. The third-order valence-electron chi connectivity index (χ3n) is 4.74. The largest absolute Gasteiger partial charge is 0.496 e. The number of aromatic nitrogens is 1. The van der Waals surface area contributed by atoms with E-state index in [-0.39, 0.29) is 5.75 Å². The van der Waals surface area contributed by atoms with Crippen LogP contribution in [0.2, 0.25) is 0 Å². The van der Waals surface area contributed by atoms with Gasteiger partial charge in [-0.25, -0.2) is 4.39 Å². The van der Waals surface area contributed by atoms with Crippen molar-refractivity contribution >= 4 is 29.7 Å².